The molecule has 0 aliphatic heterocycles. The van der Waals surface area contributed by atoms with Crippen molar-refractivity contribution in [3.63, 3.8) is 0 Å². The summed E-state index contributed by atoms with van der Waals surface area (Å²) in [7, 11) is 1.68. The predicted molar refractivity (Wildman–Crippen MR) is 101 cm³/mol. The molecule has 0 radical (unpaired) electrons. The van der Waals surface area contributed by atoms with Crippen LogP contribution >= 0.6 is 0 Å². The van der Waals surface area contributed by atoms with E-state index in [4.69, 9.17) is 9.47 Å². The molecule has 0 aromatic heterocycles. The van der Waals surface area contributed by atoms with Gasteiger partial charge in [-0.15, -0.1) is 0 Å². The van der Waals surface area contributed by atoms with Gasteiger partial charge in [0, 0.05) is 32.8 Å². The number of nitrogens with zero attached hydrogens (tertiary/aromatic N) is 1. The Morgan fingerprint density at radius 1 is 1.17 bits per heavy atom. The van der Waals surface area contributed by atoms with Crippen molar-refractivity contribution in [1.82, 2.24) is 10.6 Å². The van der Waals surface area contributed by atoms with Gasteiger partial charge >= 0.3 is 0 Å². The first kappa shape index (κ1) is 20.3. The largest absolute Gasteiger partial charge is 0.497 e. The van der Waals surface area contributed by atoms with Crippen LogP contribution in [0.1, 0.15) is 32.8 Å². The van der Waals surface area contributed by atoms with Crippen LogP contribution in [0, 0.1) is 5.92 Å². The first-order valence-electron chi connectivity index (χ1n) is 8.88. The van der Waals surface area contributed by atoms with Crippen LogP contribution in [0.15, 0.2) is 29.3 Å². The summed E-state index contributed by atoms with van der Waals surface area (Å²) in [6.07, 6.45) is 1.90. The summed E-state index contributed by atoms with van der Waals surface area (Å²) in [5.41, 5.74) is 1.28. The van der Waals surface area contributed by atoms with Crippen molar-refractivity contribution in [3.8, 4) is 5.75 Å². The van der Waals surface area contributed by atoms with Crippen LogP contribution < -0.4 is 15.4 Å². The molecule has 0 heterocycles. The zero-order valence-electron chi connectivity index (χ0n) is 15.6. The maximum Gasteiger partial charge on any atom is 0.191 e. The highest BCUT2D eigenvalue weighted by Crippen LogP contribution is 2.11. The van der Waals surface area contributed by atoms with Crippen LogP contribution in [0.25, 0.3) is 0 Å². The van der Waals surface area contributed by atoms with Crippen LogP contribution in [0.4, 0.5) is 0 Å². The van der Waals surface area contributed by atoms with Crippen molar-refractivity contribution in [2.24, 2.45) is 10.9 Å². The zero-order chi connectivity index (χ0) is 17.6. The minimum absolute atomic E-state index is 0.588. The standard InChI is InChI=1S/C19H33N3O2/c1-5-20-19(21-12-6-14-24-15-16(2)3)22-13-11-17-7-9-18(23-4)10-8-17/h7-10,16H,5-6,11-15H2,1-4H3,(H2,20,21,22). The van der Waals surface area contributed by atoms with Gasteiger partial charge in [0.05, 0.1) is 7.11 Å². The third-order valence-electron chi connectivity index (χ3n) is 3.38. The van der Waals surface area contributed by atoms with E-state index in [1.165, 1.54) is 5.56 Å². The molecular weight excluding hydrogens is 302 g/mol. The first-order chi connectivity index (χ1) is 11.7. The molecule has 5 heteroatoms. The molecule has 0 saturated carbocycles. The molecule has 136 valence electrons. The maximum atomic E-state index is 5.57. The molecule has 0 aliphatic rings. The van der Waals surface area contributed by atoms with Gasteiger partial charge in [-0.3, -0.25) is 4.99 Å². The Labute approximate surface area is 146 Å². The lowest BCUT2D eigenvalue weighted by molar-refractivity contribution is 0.109. The lowest BCUT2D eigenvalue weighted by atomic mass is 10.1. The predicted octanol–water partition coefficient (Wildman–Crippen LogP) is 2.86. The van der Waals surface area contributed by atoms with E-state index in [9.17, 15) is 0 Å². The lowest BCUT2D eigenvalue weighted by Gasteiger charge is -2.11. The Hall–Kier alpha value is -1.75. The molecule has 0 atom stereocenters. The van der Waals surface area contributed by atoms with Gasteiger partial charge in [-0.25, -0.2) is 0 Å². The summed E-state index contributed by atoms with van der Waals surface area (Å²) in [5, 5.41) is 6.65. The van der Waals surface area contributed by atoms with Gasteiger partial charge < -0.3 is 20.1 Å². The topological polar surface area (TPSA) is 54.9 Å². The summed E-state index contributed by atoms with van der Waals surface area (Å²) in [6, 6.07) is 8.17. The average molecular weight is 335 g/mol. The molecule has 0 aliphatic carbocycles. The fourth-order valence-electron chi connectivity index (χ4n) is 2.14. The van der Waals surface area contributed by atoms with Crippen molar-refractivity contribution in [1.29, 1.82) is 0 Å². The fraction of sp³-hybridized carbons (Fsp3) is 0.632. The van der Waals surface area contributed by atoms with E-state index in [1.54, 1.807) is 7.11 Å². The molecule has 0 unspecified atom stereocenters. The molecular formula is C19H33N3O2. The number of rotatable bonds is 11. The lowest BCUT2D eigenvalue weighted by Crippen LogP contribution is -2.38. The SMILES string of the molecule is CCNC(=NCCCOCC(C)C)NCCc1ccc(OC)cc1. The molecule has 2 N–H and O–H groups in total. The third-order valence-corrected chi connectivity index (χ3v) is 3.38. The third kappa shape index (κ3) is 9.40. The fourth-order valence-corrected chi connectivity index (χ4v) is 2.14. The molecule has 24 heavy (non-hydrogen) atoms. The van der Waals surface area contributed by atoms with Gasteiger partial charge in [-0.1, -0.05) is 26.0 Å². The van der Waals surface area contributed by atoms with Crippen molar-refractivity contribution in [2.75, 3.05) is 40.0 Å². The van der Waals surface area contributed by atoms with Crippen LogP contribution in [0.3, 0.4) is 0 Å². The number of nitrogens with one attached hydrogen (secondary N) is 2. The Bertz CT molecular complexity index is 458. The highest BCUT2D eigenvalue weighted by atomic mass is 16.5. The highest BCUT2D eigenvalue weighted by molar-refractivity contribution is 5.79. The normalized spacial score (nSPS) is 11.6. The molecule has 0 amide bonds. The van der Waals surface area contributed by atoms with E-state index in [-0.39, 0.29) is 0 Å². The van der Waals surface area contributed by atoms with E-state index in [0.717, 1.165) is 57.4 Å². The Morgan fingerprint density at radius 3 is 2.54 bits per heavy atom. The summed E-state index contributed by atoms with van der Waals surface area (Å²) in [6.45, 7) is 10.5. The molecule has 1 aromatic carbocycles. The second kappa shape index (κ2) is 12.6. The van der Waals surface area contributed by atoms with Crippen LogP contribution in [0.2, 0.25) is 0 Å². The minimum atomic E-state index is 0.588. The van der Waals surface area contributed by atoms with Gasteiger partial charge in [0.2, 0.25) is 0 Å². The van der Waals surface area contributed by atoms with Gasteiger partial charge in [0.15, 0.2) is 5.96 Å². The monoisotopic (exact) mass is 335 g/mol. The molecule has 0 saturated heterocycles. The second-order valence-corrected chi connectivity index (χ2v) is 6.11. The number of hydrogen-bond acceptors (Lipinski definition) is 3. The summed E-state index contributed by atoms with van der Waals surface area (Å²) >= 11 is 0. The number of benzene rings is 1. The summed E-state index contributed by atoms with van der Waals surface area (Å²) in [4.78, 5) is 4.58. The molecule has 1 aromatic rings. The summed E-state index contributed by atoms with van der Waals surface area (Å²) in [5.74, 6) is 2.35. The number of ether oxygens (including phenoxy) is 2. The van der Waals surface area contributed by atoms with E-state index in [0.29, 0.717) is 5.92 Å². The van der Waals surface area contributed by atoms with E-state index >= 15 is 0 Å². The zero-order valence-corrected chi connectivity index (χ0v) is 15.6. The Kier molecular flexibility index (Phi) is 10.7. The van der Waals surface area contributed by atoms with Crippen molar-refractivity contribution in [2.45, 2.75) is 33.6 Å². The Balaban J connectivity index is 2.27. The first-order valence-corrected chi connectivity index (χ1v) is 8.88. The quantitative estimate of drug-likeness (QED) is 0.371. The molecule has 0 fully saturated rings. The van der Waals surface area contributed by atoms with E-state index in [2.05, 4.69) is 48.5 Å². The molecule has 0 bridgehead atoms. The second-order valence-electron chi connectivity index (χ2n) is 6.11. The van der Waals surface area contributed by atoms with Crippen LogP contribution in [0.5, 0.6) is 5.75 Å². The highest BCUT2D eigenvalue weighted by Gasteiger charge is 1.99. The van der Waals surface area contributed by atoms with Crippen LogP contribution in [-0.4, -0.2) is 45.9 Å². The van der Waals surface area contributed by atoms with Crippen LogP contribution in [-0.2, 0) is 11.2 Å². The molecule has 1 rings (SSSR count). The van der Waals surface area contributed by atoms with Gasteiger partial charge in [0.25, 0.3) is 0 Å². The van der Waals surface area contributed by atoms with Crippen molar-refractivity contribution >= 4 is 5.96 Å². The Morgan fingerprint density at radius 2 is 1.92 bits per heavy atom. The number of aliphatic imine (C=N–C) groups is 1. The van der Waals surface area contributed by atoms with Gasteiger partial charge in [0.1, 0.15) is 5.75 Å². The summed E-state index contributed by atoms with van der Waals surface area (Å²) < 4.78 is 10.7. The van der Waals surface area contributed by atoms with E-state index in [1.807, 2.05) is 12.1 Å². The number of methoxy groups -OCH3 is 1. The van der Waals surface area contributed by atoms with Crippen molar-refractivity contribution in [3.05, 3.63) is 29.8 Å². The molecule has 0 spiro atoms. The average Bonchev–Trinajstić information content (AvgIpc) is 2.58. The van der Waals surface area contributed by atoms with Gasteiger partial charge in [-0.05, 0) is 43.4 Å². The number of guanidine groups is 1. The molecule has 5 nitrogen and oxygen atoms in total. The minimum Gasteiger partial charge on any atom is -0.497 e. The van der Waals surface area contributed by atoms with Gasteiger partial charge in [-0.2, -0.15) is 0 Å². The van der Waals surface area contributed by atoms with E-state index < -0.39 is 0 Å². The maximum absolute atomic E-state index is 5.57. The van der Waals surface area contributed by atoms with Crippen molar-refractivity contribution < 1.29 is 9.47 Å². The smallest absolute Gasteiger partial charge is 0.191 e. The number of hydrogen-bond donors (Lipinski definition) is 2.